The van der Waals surface area contributed by atoms with Crippen LogP contribution >= 0.6 is 11.3 Å². The molecule has 4 aromatic rings. The topological polar surface area (TPSA) is 52.6 Å². The van der Waals surface area contributed by atoms with E-state index in [0.717, 1.165) is 51.0 Å². The van der Waals surface area contributed by atoms with Crippen LogP contribution in [-0.4, -0.2) is 21.2 Å². The Kier molecular flexibility index (Phi) is 4.44. The number of aromatic nitrogens is 3. The first-order valence-corrected chi connectivity index (χ1v) is 9.61. The number of benzene rings is 1. The Hall–Kier alpha value is -2.34. The van der Waals surface area contributed by atoms with Gasteiger partial charge in [-0.15, -0.1) is 0 Å². The van der Waals surface area contributed by atoms with Gasteiger partial charge in [0.15, 0.2) is 17.1 Å². The van der Waals surface area contributed by atoms with E-state index in [-0.39, 0.29) is 0 Å². The van der Waals surface area contributed by atoms with Gasteiger partial charge in [-0.2, -0.15) is 5.10 Å². The van der Waals surface area contributed by atoms with Gasteiger partial charge in [-0.3, -0.25) is 0 Å². The fourth-order valence-electron chi connectivity index (χ4n) is 2.81. The average Bonchev–Trinajstić information content (AvgIpc) is 3.30. The molecule has 25 heavy (non-hydrogen) atoms. The zero-order valence-corrected chi connectivity index (χ0v) is 15.3. The molecule has 3 heterocycles. The number of hydrogen-bond donors (Lipinski definition) is 0. The van der Waals surface area contributed by atoms with E-state index in [0.29, 0.717) is 6.61 Å². The first-order valence-electron chi connectivity index (χ1n) is 8.79. The summed E-state index contributed by atoms with van der Waals surface area (Å²) in [5.41, 5.74) is 1.59. The maximum Gasteiger partial charge on any atom is 0.212 e. The Morgan fingerprint density at radius 1 is 1.24 bits per heavy atom. The molecule has 4 rings (SSSR count). The summed E-state index contributed by atoms with van der Waals surface area (Å²) < 4.78 is 13.8. The third-order valence-electron chi connectivity index (χ3n) is 4.15. The van der Waals surface area contributed by atoms with Crippen LogP contribution in [0, 0.1) is 0 Å². The van der Waals surface area contributed by atoms with Crippen molar-refractivity contribution in [3.05, 3.63) is 35.5 Å². The molecule has 0 saturated heterocycles. The number of furan rings is 1. The highest BCUT2D eigenvalue weighted by Crippen LogP contribution is 2.33. The van der Waals surface area contributed by atoms with Crippen LogP contribution in [-0.2, 0) is 6.42 Å². The van der Waals surface area contributed by atoms with Crippen LogP contribution in [0.2, 0.25) is 0 Å². The summed E-state index contributed by atoms with van der Waals surface area (Å²) in [5.74, 6) is 1.54. The van der Waals surface area contributed by atoms with Crippen LogP contribution in [0.5, 0.6) is 5.75 Å². The van der Waals surface area contributed by atoms with Crippen molar-refractivity contribution in [3.8, 4) is 17.2 Å². The van der Waals surface area contributed by atoms with Crippen molar-refractivity contribution < 1.29 is 9.15 Å². The number of fused-ring (bicyclic) bond motifs is 2. The summed E-state index contributed by atoms with van der Waals surface area (Å²) in [6.45, 7) is 5.00. The largest absolute Gasteiger partial charge is 0.490 e. The van der Waals surface area contributed by atoms with Gasteiger partial charge >= 0.3 is 0 Å². The number of hydrogen-bond acceptors (Lipinski definition) is 5. The standard InChI is InChI=1S/C19H21N3O2S/c1-3-5-6-10-23-15-9-7-8-13-11-16(24-18(13)15)14-12-22-19(20-14)25-17(4-2)21-22/h7-9,11-12H,3-6,10H2,1-2H3. The Balaban J connectivity index is 1.64. The van der Waals surface area contributed by atoms with Gasteiger partial charge in [0.1, 0.15) is 10.7 Å². The Morgan fingerprint density at radius 3 is 2.96 bits per heavy atom. The normalized spacial score (nSPS) is 11.6. The number of nitrogens with zero attached hydrogens (tertiary/aromatic N) is 3. The third kappa shape index (κ3) is 3.14. The quantitative estimate of drug-likeness (QED) is 0.420. The first kappa shape index (κ1) is 16.1. The minimum Gasteiger partial charge on any atom is -0.490 e. The summed E-state index contributed by atoms with van der Waals surface area (Å²) in [4.78, 5) is 5.54. The van der Waals surface area contributed by atoms with Crippen molar-refractivity contribution in [2.24, 2.45) is 0 Å². The van der Waals surface area contributed by atoms with Gasteiger partial charge in [0, 0.05) is 5.39 Å². The Morgan fingerprint density at radius 2 is 2.16 bits per heavy atom. The molecule has 0 atom stereocenters. The van der Waals surface area contributed by atoms with Crippen molar-refractivity contribution >= 4 is 27.3 Å². The molecular formula is C19H21N3O2S. The lowest BCUT2D eigenvalue weighted by Gasteiger charge is -2.05. The molecule has 6 heteroatoms. The van der Waals surface area contributed by atoms with Crippen molar-refractivity contribution in [2.45, 2.75) is 39.5 Å². The lowest BCUT2D eigenvalue weighted by Crippen LogP contribution is -1.96. The number of imidazole rings is 1. The number of ether oxygens (including phenoxy) is 1. The second-order valence-corrected chi connectivity index (χ2v) is 7.08. The number of unbranched alkanes of at least 4 members (excludes halogenated alkanes) is 2. The fraction of sp³-hybridized carbons (Fsp3) is 0.368. The predicted octanol–water partition coefficient (Wildman–Crippen LogP) is 5.34. The summed E-state index contributed by atoms with van der Waals surface area (Å²) in [5, 5.41) is 6.63. The second kappa shape index (κ2) is 6.88. The van der Waals surface area contributed by atoms with E-state index in [1.165, 1.54) is 12.8 Å². The molecule has 0 unspecified atom stereocenters. The maximum absolute atomic E-state index is 6.07. The van der Waals surface area contributed by atoms with Crippen LogP contribution in [0.15, 0.2) is 34.9 Å². The van der Waals surface area contributed by atoms with Crippen LogP contribution in [0.4, 0.5) is 0 Å². The van der Waals surface area contributed by atoms with Gasteiger partial charge < -0.3 is 9.15 Å². The SMILES string of the molecule is CCCCCOc1cccc2cc(-c3cn4nc(CC)sc4n3)oc12. The highest BCUT2D eigenvalue weighted by atomic mass is 32.1. The van der Waals surface area contributed by atoms with Crippen LogP contribution in [0.25, 0.3) is 27.4 Å². The third-order valence-corrected chi connectivity index (χ3v) is 5.22. The average molecular weight is 355 g/mol. The van der Waals surface area contributed by atoms with E-state index >= 15 is 0 Å². The van der Waals surface area contributed by atoms with Gasteiger partial charge in [0.05, 0.1) is 12.8 Å². The molecule has 0 aliphatic heterocycles. The maximum atomic E-state index is 6.07. The minimum absolute atomic E-state index is 0.715. The summed E-state index contributed by atoms with van der Waals surface area (Å²) in [6.07, 6.45) is 6.27. The van der Waals surface area contributed by atoms with Gasteiger partial charge in [0.2, 0.25) is 4.96 Å². The van der Waals surface area contributed by atoms with E-state index in [2.05, 4.69) is 23.9 Å². The molecule has 0 bridgehead atoms. The van der Waals surface area contributed by atoms with E-state index < -0.39 is 0 Å². The molecule has 3 aromatic heterocycles. The van der Waals surface area contributed by atoms with Gasteiger partial charge in [-0.05, 0) is 25.0 Å². The van der Waals surface area contributed by atoms with Gasteiger partial charge in [-0.1, -0.05) is 50.2 Å². The highest BCUT2D eigenvalue weighted by molar-refractivity contribution is 7.16. The van der Waals surface area contributed by atoms with Crippen molar-refractivity contribution in [2.75, 3.05) is 6.61 Å². The second-order valence-electron chi connectivity index (χ2n) is 6.04. The number of rotatable bonds is 7. The van der Waals surface area contributed by atoms with Crippen LogP contribution in [0.3, 0.4) is 0 Å². The van der Waals surface area contributed by atoms with Gasteiger partial charge in [-0.25, -0.2) is 9.50 Å². The molecule has 0 amide bonds. The smallest absolute Gasteiger partial charge is 0.212 e. The lowest BCUT2D eigenvalue weighted by atomic mass is 10.2. The zero-order valence-electron chi connectivity index (χ0n) is 14.5. The Bertz CT molecular complexity index is 967. The summed E-state index contributed by atoms with van der Waals surface area (Å²) in [6, 6.07) is 8.01. The molecule has 130 valence electrons. The van der Waals surface area contributed by atoms with Crippen molar-refractivity contribution in [3.63, 3.8) is 0 Å². The van der Waals surface area contributed by atoms with Crippen molar-refractivity contribution in [1.82, 2.24) is 14.6 Å². The Labute approximate surface area is 150 Å². The molecule has 0 N–H and O–H groups in total. The van der Waals surface area contributed by atoms with E-state index in [9.17, 15) is 0 Å². The minimum atomic E-state index is 0.715. The molecule has 0 saturated carbocycles. The highest BCUT2D eigenvalue weighted by Gasteiger charge is 2.15. The van der Waals surface area contributed by atoms with Crippen LogP contribution < -0.4 is 4.74 Å². The molecule has 0 spiro atoms. The molecule has 5 nitrogen and oxygen atoms in total. The molecule has 0 fully saturated rings. The predicted molar refractivity (Wildman–Crippen MR) is 100 cm³/mol. The van der Waals surface area contributed by atoms with Crippen LogP contribution in [0.1, 0.15) is 38.1 Å². The molecule has 0 radical (unpaired) electrons. The van der Waals surface area contributed by atoms with E-state index in [1.807, 2.05) is 35.0 Å². The summed E-state index contributed by atoms with van der Waals surface area (Å²) in [7, 11) is 0. The van der Waals surface area contributed by atoms with Gasteiger partial charge in [0.25, 0.3) is 0 Å². The van der Waals surface area contributed by atoms with E-state index in [1.54, 1.807) is 11.3 Å². The molecular weight excluding hydrogens is 334 g/mol. The molecule has 1 aromatic carbocycles. The lowest BCUT2D eigenvalue weighted by molar-refractivity contribution is 0.305. The molecule has 0 aliphatic rings. The number of aryl methyl sites for hydroxylation is 1. The van der Waals surface area contributed by atoms with Crippen molar-refractivity contribution in [1.29, 1.82) is 0 Å². The first-order chi connectivity index (χ1) is 12.3. The monoisotopic (exact) mass is 355 g/mol. The fourth-order valence-corrected chi connectivity index (χ4v) is 3.63. The van der Waals surface area contributed by atoms with E-state index in [4.69, 9.17) is 9.15 Å². The molecule has 0 aliphatic carbocycles. The summed E-state index contributed by atoms with van der Waals surface area (Å²) >= 11 is 1.61. The number of para-hydroxylation sites is 1. The zero-order chi connectivity index (χ0) is 17.2.